The van der Waals surface area contributed by atoms with Crippen molar-refractivity contribution in [2.45, 2.75) is 78.6 Å². The Balaban J connectivity index is 1.40. The number of hydrogen-bond acceptors (Lipinski definition) is 3. The summed E-state index contributed by atoms with van der Waals surface area (Å²) >= 11 is 0. The molecule has 0 spiro atoms. The van der Waals surface area contributed by atoms with E-state index in [0.717, 1.165) is 83.6 Å². The maximum absolute atomic E-state index is 12.7. The van der Waals surface area contributed by atoms with Crippen molar-refractivity contribution >= 4 is 11.0 Å². The monoisotopic (exact) mass is 835 g/mol. The molecule has 0 unspecified atom stereocenters. The van der Waals surface area contributed by atoms with Gasteiger partial charge in [0.25, 0.3) is 0 Å². The second-order valence-corrected chi connectivity index (χ2v) is 20.1. The lowest BCUT2D eigenvalue weighted by Gasteiger charge is -2.28. The van der Waals surface area contributed by atoms with Crippen LogP contribution in [-0.2, 0) is 16.2 Å². The third-order valence-electron chi connectivity index (χ3n) is 12.4. The maximum atomic E-state index is 12.7. The number of nitrogens with zero attached hydrogens (tertiary/aromatic N) is 3. The fourth-order valence-corrected chi connectivity index (χ4v) is 8.80. The summed E-state index contributed by atoms with van der Waals surface area (Å²) in [7, 11) is 0. The average Bonchev–Trinajstić information content (AvgIpc) is 3.68. The Kier molecular flexibility index (Phi) is 10.7. The summed E-state index contributed by atoms with van der Waals surface area (Å²) in [6.07, 6.45) is 1.91. The molecule has 0 radical (unpaired) electrons. The fraction of sp³-hybridized carbons (Fsp3) is 0.200. The summed E-state index contributed by atoms with van der Waals surface area (Å²) in [6.45, 7) is 20.0. The van der Waals surface area contributed by atoms with Gasteiger partial charge in [0.2, 0.25) is 0 Å². The molecule has 64 heavy (non-hydrogen) atoms. The molecule has 0 bridgehead atoms. The minimum Gasteiger partial charge on any atom is -0.507 e. The van der Waals surface area contributed by atoms with Crippen LogP contribution in [0.4, 0.5) is 0 Å². The predicted octanol–water partition coefficient (Wildman–Crippen LogP) is 16.0. The Morgan fingerprint density at radius 3 is 1.53 bits per heavy atom. The number of pyridine rings is 1. The number of benzene rings is 7. The molecule has 9 rings (SSSR count). The molecule has 0 fully saturated rings. The van der Waals surface area contributed by atoms with Gasteiger partial charge in [-0.15, -0.1) is 0 Å². The third-order valence-corrected chi connectivity index (χ3v) is 12.4. The van der Waals surface area contributed by atoms with Gasteiger partial charge in [-0.3, -0.25) is 9.55 Å². The SMILES string of the molecule is CC(C)(C)c1cc(-c2cc(-c3ccccc3)ccn2)cc(-c2cccc3c2nc(-c2cc(C(C)(C)C)cc(C(C)(C)C)c2O)n3-c2c(-c3ccccc3)cccc2-c2ccccc2)c1. The van der Waals surface area contributed by atoms with Crippen molar-refractivity contribution in [2.75, 3.05) is 0 Å². The molecule has 0 atom stereocenters. The molecule has 0 aliphatic rings. The van der Waals surface area contributed by atoms with Crippen molar-refractivity contribution in [3.8, 4) is 78.6 Å². The minimum absolute atomic E-state index is 0.151. The van der Waals surface area contributed by atoms with Gasteiger partial charge in [-0.1, -0.05) is 196 Å². The molecule has 0 aliphatic heterocycles. The highest BCUT2D eigenvalue weighted by molar-refractivity contribution is 5.99. The van der Waals surface area contributed by atoms with Crippen molar-refractivity contribution in [3.05, 3.63) is 193 Å². The number of aromatic hydroxyl groups is 1. The van der Waals surface area contributed by atoms with Crippen molar-refractivity contribution in [1.29, 1.82) is 0 Å². The van der Waals surface area contributed by atoms with E-state index in [2.05, 4.69) is 231 Å². The van der Waals surface area contributed by atoms with E-state index in [1.165, 1.54) is 5.56 Å². The first-order valence-electron chi connectivity index (χ1n) is 22.4. The topological polar surface area (TPSA) is 50.9 Å². The van der Waals surface area contributed by atoms with Gasteiger partial charge in [-0.05, 0) is 91.6 Å². The highest BCUT2D eigenvalue weighted by atomic mass is 16.3. The van der Waals surface area contributed by atoms with Crippen molar-refractivity contribution in [1.82, 2.24) is 14.5 Å². The van der Waals surface area contributed by atoms with Gasteiger partial charge in [0, 0.05) is 34.0 Å². The smallest absolute Gasteiger partial charge is 0.149 e. The zero-order chi connectivity index (χ0) is 45.0. The van der Waals surface area contributed by atoms with Gasteiger partial charge >= 0.3 is 0 Å². The summed E-state index contributed by atoms with van der Waals surface area (Å²) in [5, 5.41) is 12.7. The van der Waals surface area contributed by atoms with Crippen LogP contribution in [0.3, 0.4) is 0 Å². The largest absolute Gasteiger partial charge is 0.507 e. The van der Waals surface area contributed by atoms with Gasteiger partial charge < -0.3 is 5.11 Å². The van der Waals surface area contributed by atoms with Crippen LogP contribution < -0.4 is 0 Å². The number of phenols is 1. The number of para-hydroxylation sites is 2. The van der Waals surface area contributed by atoms with Crippen LogP contribution in [0.2, 0.25) is 0 Å². The van der Waals surface area contributed by atoms with E-state index in [1.54, 1.807) is 0 Å². The molecule has 2 aromatic heterocycles. The van der Waals surface area contributed by atoms with Gasteiger partial charge in [0.05, 0.1) is 28.0 Å². The standard InChI is InChI=1S/C60H57N3O/c1-58(2,3)45-34-43(33-44(35-45)52-36-42(31-32-61-52)39-21-13-10-14-22-39)47-27-20-30-53-54(47)62-57(50-37-46(59(4,5)6)38-51(56(50)64)60(7,8)9)63(53)55-48(40-23-15-11-16-24-40)28-19-29-49(55)41-25-17-12-18-26-41/h10-38,64H,1-9H3. The van der Waals surface area contributed by atoms with E-state index in [0.29, 0.717) is 11.4 Å². The lowest BCUT2D eigenvalue weighted by atomic mass is 9.79. The van der Waals surface area contributed by atoms with E-state index < -0.39 is 0 Å². The van der Waals surface area contributed by atoms with Crippen LogP contribution in [0.1, 0.15) is 79.0 Å². The van der Waals surface area contributed by atoms with Crippen molar-refractivity contribution in [3.63, 3.8) is 0 Å². The molecule has 1 N–H and O–H groups in total. The molecule has 0 saturated heterocycles. The quantitative estimate of drug-likeness (QED) is 0.174. The number of hydrogen-bond donors (Lipinski definition) is 1. The lowest BCUT2D eigenvalue weighted by Crippen LogP contribution is -2.17. The van der Waals surface area contributed by atoms with Gasteiger partial charge in [0.1, 0.15) is 11.6 Å². The summed E-state index contributed by atoms with van der Waals surface area (Å²) < 4.78 is 2.32. The normalized spacial score (nSPS) is 12.2. The minimum atomic E-state index is -0.338. The Bertz CT molecular complexity index is 3080. The summed E-state index contributed by atoms with van der Waals surface area (Å²) in [6, 6.07) is 60.3. The Morgan fingerprint density at radius 2 is 0.953 bits per heavy atom. The van der Waals surface area contributed by atoms with E-state index in [1.807, 2.05) is 12.3 Å². The van der Waals surface area contributed by atoms with E-state index in [-0.39, 0.29) is 22.0 Å². The number of phenolic OH excluding ortho intramolecular Hbond substituents is 1. The van der Waals surface area contributed by atoms with E-state index in [4.69, 9.17) is 9.97 Å². The first-order valence-corrected chi connectivity index (χ1v) is 22.4. The maximum Gasteiger partial charge on any atom is 0.149 e. The second-order valence-electron chi connectivity index (χ2n) is 20.1. The van der Waals surface area contributed by atoms with Gasteiger partial charge in [-0.25, -0.2) is 4.98 Å². The number of fused-ring (bicyclic) bond motifs is 1. The number of imidazole rings is 1. The van der Waals surface area contributed by atoms with Crippen LogP contribution in [0.25, 0.3) is 83.9 Å². The van der Waals surface area contributed by atoms with E-state index >= 15 is 0 Å². The molecule has 0 saturated carbocycles. The van der Waals surface area contributed by atoms with Crippen molar-refractivity contribution < 1.29 is 5.11 Å². The molecule has 0 amide bonds. The fourth-order valence-electron chi connectivity index (χ4n) is 8.80. The zero-order valence-corrected chi connectivity index (χ0v) is 38.5. The Hall–Kier alpha value is -7.04. The highest BCUT2D eigenvalue weighted by Crippen LogP contribution is 2.47. The lowest BCUT2D eigenvalue weighted by molar-refractivity contribution is 0.446. The zero-order valence-electron chi connectivity index (χ0n) is 38.5. The van der Waals surface area contributed by atoms with E-state index in [9.17, 15) is 5.11 Å². The van der Waals surface area contributed by atoms with Gasteiger partial charge in [-0.2, -0.15) is 0 Å². The molecular formula is C60H57N3O. The summed E-state index contributed by atoms with van der Waals surface area (Å²) in [4.78, 5) is 10.7. The van der Waals surface area contributed by atoms with Crippen LogP contribution in [0.15, 0.2) is 176 Å². The predicted molar refractivity (Wildman–Crippen MR) is 269 cm³/mol. The average molecular weight is 836 g/mol. The van der Waals surface area contributed by atoms with Gasteiger partial charge in [0.15, 0.2) is 0 Å². The number of rotatable bonds is 7. The summed E-state index contributed by atoms with van der Waals surface area (Å²) in [5.74, 6) is 0.931. The first-order chi connectivity index (χ1) is 30.6. The molecular weight excluding hydrogens is 779 g/mol. The number of aromatic nitrogens is 3. The molecule has 318 valence electrons. The van der Waals surface area contributed by atoms with Crippen LogP contribution in [0.5, 0.6) is 5.75 Å². The molecule has 2 heterocycles. The Labute approximate surface area is 379 Å². The Morgan fingerprint density at radius 1 is 0.422 bits per heavy atom. The van der Waals surface area contributed by atoms with Crippen LogP contribution >= 0.6 is 0 Å². The van der Waals surface area contributed by atoms with Crippen LogP contribution in [-0.4, -0.2) is 19.6 Å². The molecule has 9 aromatic rings. The highest BCUT2D eigenvalue weighted by Gasteiger charge is 2.30. The first kappa shape index (κ1) is 42.3. The van der Waals surface area contributed by atoms with Crippen molar-refractivity contribution in [2.24, 2.45) is 0 Å². The summed E-state index contributed by atoms with van der Waals surface area (Å²) in [5.41, 5.74) is 16.6. The molecule has 4 heteroatoms. The van der Waals surface area contributed by atoms with Crippen LogP contribution in [0, 0.1) is 0 Å². The molecule has 7 aromatic carbocycles. The second kappa shape index (κ2) is 16.3. The molecule has 4 nitrogen and oxygen atoms in total. The third kappa shape index (κ3) is 8.05. The molecule has 0 aliphatic carbocycles.